The highest BCUT2D eigenvalue weighted by atomic mass is 79.9. The second kappa shape index (κ2) is 5.54. The SMILES string of the molecule is OC(Cc1ccncc1)c1ccc(F)c(F)c1Br. The smallest absolute Gasteiger partial charge is 0.173 e. The minimum Gasteiger partial charge on any atom is -0.388 e. The fourth-order valence-corrected chi connectivity index (χ4v) is 2.24. The summed E-state index contributed by atoms with van der Waals surface area (Å²) in [5.74, 6) is -1.93. The molecule has 0 saturated carbocycles. The molecule has 94 valence electrons. The molecule has 1 heterocycles. The summed E-state index contributed by atoms with van der Waals surface area (Å²) in [6.07, 6.45) is 2.63. The van der Waals surface area contributed by atoms with Crippen molar-refractivity contribution in [1.82, 2.24) is 4.98 Å². The Hall–Kier alpha value is -1.33. The van der Waals surface area contributed by atoms with E-state index >= 15 is 0 Å². The number of aliphatic hydroxyl groups is 1. The first-order valence-corrected chi connectivity index (χ1v) is 6.09. The zero-order valence-electron chi connectivity index (χ0n) is 9.28. The Morgan fingerprint density at radius 2 is 1.83 bits per heavy atom. The highest BCUT2D eigenvalue weighted by Crippen LogP contribution is 2.29. The van der Waals surface area contributed by atoms with Gasteiger partial charge in [-0.2, -0.15) is 0 Å². The number of benzene rings is 1. The molecule has 2 nitrogen and oxygen atoms in total. The lowest BCUT2D eigenvalue weighted by Gasteiger charge is -2.13. The highest BCUT2D eigenvalue weighted by Gasteiger charge is 2.17. The normalized spacial score (nSPS) is 12.4. The Morgan fingerprint density at radius 1 is 1.17 bits per heavy atom. The fraction of sp³-hybridized carbons (Fsp3) is 0.154. The number of halogens is 3. The highest BCUT2D eigenvalue weighted by molar-refractivity contribution is 9.10. The first-order valence-electron chi connectivity index (χ1n) is 5.30. The van der Waals surface area contributed by atoms with Crippen molar-refractivity contribution in [3.05, 3.63) is 63.9 Å². The summed E-state index contributed by atoms with van der Waals surface area (Å²) in [6.45, 7) is 0. The van der Waals surface area contributed by atoms with Crippen LogP contribution in [0.15, 0.2) is 41.1 Å². The number of hydrogen-bond acceptors (Lipinski definition) is 2. The van der Waals surface area contributed by atoms with Crippen LogP contribution in [0.4, 0.5) is 8.78 Å². The first-order chi connectivity index (χ1) is 8.59. The van der Waals surface area contributed by atoms with Gasteiger partial charge in [0, 0.05) is 18.8 Å². The maximum atomic E-state index is 13.3. The van der Waals surface area contributed by atoms with Crippen molar-refractivity contribution in [1.29, 1.82) is 0 Å². The lowest BCUT2D eigenvalue weighted by atomic mass is 10.0. The molecular formula is C13H10BrF2NO. The summed E-state index contributed by atoms with van der Waals surface area (Å²) >= 11 is 2.96. The molecule has 1 unspecified atom stereocenters. The van der Waals surface area contributed by atoms with Gasteiger partial charge in [-0.15, -0.1) is 0 Å². The van der Waals surface area contributed by atoms with E-state index in [1.54, 1.807) is 24.5 Å². The van der Waals surface area contributed by atoms with E-state index in [0.717, 1.165) is 11.6 Å². The largest absolute Gasteiger partial charge is 0.388 e. The van der Waals surface area contributed by atoms with E-state index in [9.17, 15) is 13.9 Å². The molecule has 0 aliphatic carbocycles. The molecule has 0 radical (unpaired) electrons. The van der Waals surface area contributed by atoms with Gasteiger partial charge in [0.05, 0.1) is 10.6 Å². The van der Waals surface area contributed by atoms with Crippen LogP contribution in [0.2, 0.25) is 0 Å². The summed E-state index contributed by atoms with van der Waals surface area (Å²) in [5, 5.41) is 10.0. The fourth-order valence-electron chi connectivity index (χ4n) is 1.65. The number of aromatic nitrogens is 1. The van der Waals surface area contributed by atoms with Crippen molar-refractivity contribution in [2.75, 3.05) is 0 Å². The average Bonchev–Trinajstić information content (AvgIpc) is 2.37. The molecule has 1 N–H and O–H groups in total. The van der Waals surface area contributed by atoms with Gasteiger partial charge in [-0.05, 0) is 45.3 Å². The van der Waals surface area contributed by atoms with Crippen LogP contribution in [0, 0.1) is 11.6 Å². The van der Waals surface area contributed by atoms with Gasteiger partial charge in [0.25, 0.3) is 0 Å². The van der Waals surface area contributed by atoms with Crippen LogP contribution in [0.3, 0.4) is 0 Å². The Labute approximate surface area is 111 Å². The topological polar surface area (TPSA) is 33.1 Å². The van der Waals surface area contributed by atoms with Crippen molar-refractivity contribution in [3.63, 3.8) is 0 Å². The summed E-state index contributed by atoms with van der Waals surface area (Å²) in [4.78, 5) is 3.87. The van der Waals surface area contributed by atoms with Crippen LogP contribution < -0.4 is 0 Å². The lowest BCUT2D eigenvalue weighted by molar-refractivity contribution is 0.177. The molecule has 0 fully saturated rings. The number of nitrogens with zero attached hydrogens (tertiary/aromatic N) is 1. The molecule has 1 aromatic heterocycles. The maximum absolute atomic E-state index is 13.3. The summed E-state index contributed by atoms with van der Waals surface area (Å²) in [5.41, 5.74) is 1.19. The molecule has 5 heteroatoms. The zero-order valence-corrected chi connectivity index (χ0v) is 10.9. The molecule has 2 aromatic rings. The maximum Gasteiger partial charge on any atom is 0.173 e. The monoisotopic (exact) mass is 313 g/mol. The van der Waals surface area contributed by atoms with Gasteiger partial charge in [-0.25, -0.2) is 8.78 Å². The molecule has 0 amide bonds. The van der Waals surface area contributed by atoms with Crippen molar-refractivity contribution < 1.29 is 13.9 Å². The van der Waals surface area contributed by atoms with Gasteiger partial charge in [0.15, 0.2) is 11.6 Å². The minimum absolute atomic E-state index is 0.0379. The van der Waals surface area contributed by atoms with Crippen molar-refractivity contribution in [2.45, 2.75) is 12.5 Å². The summed E-state index contributed by atoms with van der Waals surface area (Å²) < 4.78 is 26.3. The van der Waals surface area contributed by atoms with Gasteiger partial charge in [0.1, 0.15) is 0 Å². The van der Waals surface area contributed by atoms with E-state index in [0.29, 0.717) is 12.0 Å². The molecule has 0 spiro atoms. The summed E-state index contributed by atoms with van der Waals surface area (Å²) in [7, 11) is 0. The molecule has 18 heavy (non-hydrogen) atoms. The predicted octanol–water partition coefficient (Wildman–Crippen LogP) is 3.40. The first kappa shape index (κ1) is 13.1. The van der Waals surface area contributed by atoms with E-state index in [1.807, 2.05) is 0 Å². The van der Waals surface area contributed by atoms with Crippen LogP contribution >= 0.6 is 15.9 Å². The van der Waals surface area contributed by atoms with Crippen molar-refractivity contribution in [3.8, 4) is 0 Å². The lowest BCUT2D eigenvalue weighted by Crippen LogP contribution is -2.04. The van der Waals surface area contributed by atoms with E-state index in [4.69, 9.17) is 0 Å². The molecular weight excluding hydrogens is 304 g/mol. The second-order valence-electron chi connectivity index (χ2n) is 3.84. The number of pyridine rings is 1. The molecule has 0 aliphatic rings. The van der Waals surface area contributed by atoms with Crippen molar-refractivity contribution in [2.24, 2.45) is 0 Å². The molecule has 0 saturated heterocycles. The molecule has 1 aromatic carbocycles. The Bertz CT molecular complexity index is 548. The number of aliphatic hydroxyl groups excluding tert-OH is 1. The Morgan fingerprint density at radius 3 is 2.50 bits per heavy atom. The van der Waals surface area contributed by atoms with Gasteiger partial charge >= 0.3 is 0 Å². The standard InChI is InChI=1S/C13H10BrF2NO/c14-12-9(1-2-10(15)13(12)16)11(18)7-8-3-5-17-6-4-8/h1-6,11,18H,7H2. The molecule has 2 rings (SSSR count). The van der Waals surface area contributed by atoms with Crippen LogP contribution in [-0.4, -0.2) is 10.1 Å². The predicted molar refractivity (Wildman–Crippen MR) is 67.0 cm³/mol. The van der Waals surface area contributed by atoms with Gasteiger partial charge in [-0.1, -0.05) is 6.07 Å². The van der Waals surface area contributed by atoms with E-state index < -0.39 is 17.7 Å². The zero-order chi connectivity index (χ0) is 13.1. The third kappa shape index (κ3) is 2.73. The average molecular weight is 314 g/mol. The third-order valence-electron chi connectivity index (χ3n) is 2.60. The molecule has 0 aliphatic heterocycles. The Kier molecular flexibility index (Phi) is 4.04. The van der Waals surface area contributed by atoms with Crippen LogP contribution in [-0.2, 0) is 6.42 Å². The Balaban J connectivity index is 2.24. The number of rotatable bonds is 3. The van der Waals surface area contributed by atoms with E-state index in [-0.39, 0.29) is 4.47 Å². The molecule has 0 bridgehead atoms. The van der Waals surface area contributed by atoms with E-state index in [1.165, 1.54) is 6.07 Å². The molecule has 1 atom stereocenters. The van der Waals surface area contributed by atoms with Crippen LogP contribution in [0.1, 0.15) is 17.2 Å². The number of hydrogen-bond donors (Lipinski definition) is 1. The second-order valence-corrected chi connectivity index (χ2v) is 4.63. The third-order valence-corrected chi connectivity index (χ3v) is 3.41. The van der Waals surface area contributed by atoms with Gasteiger partial charge < -0.3 is 5.11 Å². The summed E-state index contributed by atoms with van der Waals surface area (Å²) in [6, 6.07) is 5.90. The van der Waals surface area contributed by atoms with E-state index in [2.05, 4.69) is 20.9 Å². The van der Waals surface area contributed by atoms with Gasteiger partial charge in [-0.3, -0.25) is 4.98 Å². The van der Waals surface area contributed by atoms with Gasteiger partial charge in [0.2, 0.25) is 0 Å². The van der Waals surface area contributed by atoms with Crippen molar-refractivity contribution >= 4 is 15.9 Å². The van der Waals surface area contributed by atoms with Crippen LogP contribution in [0.25, 0.3) is 0 Å². The van der Waals surface area contributed by atoms with Crippen LogP contribution in [0.5, 0.6) is 0 Å². The quantitative estimate of drug-likeness (QED) is 0.881. The minimum atomic E-state index is -0.985.